The molecule has 1 amide bonds. The van der Waals surface area contributed by atoms with Crippen molar-refractivity contribution in [1.29, 1.82) is 0 Å². The maximum Gasteiger partial charge on any atom is 0.270 e. The van der Waals surface area contributed by atoms with Gasteiger partial charge in [-0.25, -0.2) is 18.3 Å². The monoisotopic (exact) mass is 380 g/mol. The molecule has 3 rings (SSSR count). The summed E-state index contributed by atoms with van der Waals surface area (Å²) in [7, 11) is 0. The van der Waals surface area contributed by atoms with E-state index in [9.17, 15) is 13.6 Å². The van der Waals surface area contributed by atoms with Crippen LogP contribution in [0.15, 0.2) is 36.5 Å². The van der Waals surface area contributed by atoms with Gasteiger partial charge in [0.05, 0.1) is 11.9 Å². The van der Waals surface area contributed by atoms with Gasteiger partial charge in [-0.2, -0.15) is 5.10 Å². The number of aromatic nitrogens is 3. The molecule has 1 N–H and O–H groups in total. The Morgan fingerprint density at radius 3 is 2.78 bits per heavy atom. The minimum absolute atomic E-state index is 0.0752. The van der Waals surface area contributed by atoms with Crippen LogP contribution in [0.25, 0.3) is 5.65 Å². The second kappa shape index (κ2) is 6.41. The maximum atomic E-state index is 13.1. The highest BCUT2D eigenvalue weighted by Crippen LogP contribution is 2.12. The zero-order valence-corrected chi connectivity index (χ0v) is 13.3. The number of rotatable bonds is 4. The van der Waals surface area contributed by atoms with Gasteiger partial charge in [-0.05, 0) is 23.8 Å². The summed E-state index contributed by atoms with van der Waals surface area (Å²) in [6, 6.07) is 6.80. The predicted molar refractivity (Wildman–Crippen MR) is 83.1 cm³/mol. The summed E-state index contributed by atoms with van der Waals surface area (Å²) in [6.45, 7) is 0.0752. The number of halogens is 3. The number of alkyl halides is 1. The minimum atomic E-state index is -0.947. The SMILES string of the molecule is O=C(NCc1ccc(F)c(F)c1)c1cc(CBr)n2nccc2n1. The molecule has 0 aliphatic rings. The van der Waals surface area contributed by atoms with E-state index in [1.807, 2.05) is 0 Å². The van der Waals surface area contributed by atoms with Crippen molar-refractivity contribution in [3.63, 3.8) is 0 Å². The van der Waals surface area contributed by atoms with Crippen LogP contribution in [0, 0.1) is 11.6 Å². The Bertz CT molecular complexity index is 881. The van der Waals surface area contributed by atoms with E-state index >= 15 is 0 Å². The fourth-order valence-electron chi connectivity index (χ4n) is 2.11. The Morgan fingerprint density at radius 1 is 1.22 bits per heavy atom. The second-order valence-electron chi connectivity index (χ2n) is 4.80. The highest BCUT2D eigenvalue weighted by atomic mass is 79.9. The molecule has 0 aliphatic carbocycles. The number of benzene rings is 1. The van der Waals surface area contributed by atoms with Gasteiger partial charge in [0.1, 0.15) is 5.69 Å². The van der Waals surface area contributed by atoms with Gasteiger partial charge in [0.15, 0.2) is 17.3 Å². The maximum absolute atomic E-state index is 13.1. The predicted octanol–water partition coefficient (Wildman–Crippen LogP) is 2.83. The van der Waals surface area contributed by atoms with Gasteiger partial charge in [-0.1, -0.05) is 22.0 Å². The molecule has 0 bridgehead atoms. The summed E-state index contributed by atoms with van der Waals surface area (Å²) < 4.78 is 27.7. The largest absolute Gasteiger partial charge is 0.347 e. The first-order chi connectivity index (χ1) is 11.1. The third kappa shape index (κ3) is 3.21. The highest BCUT2D eigenvalue weighted by Gasteiger charge is 2.12. The topological polar surface area (TPSA) is 59.3 Å². The molecule has 0 saturated heterocycles. The van der Waals surface area contributed by atoms with Crippen LogP contribution in [0.3, 0.4) is 0 Å². The van der Waals surface area contributed by atoms with Gasteiger partial charge in [0.25, 0.3) is 5.91 Å². The van der Waals surface area contributed by atoms with Crippen LogP contribution in [-0.4, -0.2) is 20.5 Å². The Kier molecular flexibility index (Phi) is 4.33. The van der Waals surface area contributed by atoms with E-state index in [0.29, 0.717) is 16.5 Å². The van der Waals surface area contributed by atoms with E-state index in [1.54, 1.807) is 22.8 Å². The lowest BCUT2D eigenvalue weighted by atomic mass is 10.2. The molecular formula is C15H11BrF2N4O. The molecule has 118 valence electrons. The Labute approximate surface area is 138 Å². The average molecular weight is 381 g/mol. The summed E-state index contributed by atoms with van der Waals surface area (Å²) in [5.74, 6) is -2.27. The molecule has 0 radical (unpaired) electrons. The van der Waals surface area contributed by atoms with Crippen LogP contribution < -0.4 is 5.32 Å². The van der Waals surface area contributed by atoms with E-state index in [2.05, 4.69) is 31.3 Å². The molecule has 2 aromatic heterocycles. The molecule has 5 nitrogen and oxygen atoms in total. The molecule has 0 unspecified atom stereocenters. The molecule has 0 saturated carbocycles. The third-order valence-corrected chi connectivity index (χ3v) is 3.81. The second-order valence-corrected chi connectivity index (χ2v) is 5.36. The molecule has 1 aromatic carbocycles. The fraction of sp³-hybridized carbons (Fsp3) is 0.133. The van der Waals surface area contributed by atoms with E-state index in [0.717, 1.165) is 17.8 Å². The molecule has 3 aromatic rings. The van der Waals surface area contributed by atoms with Crippen molar-refractivity contribution in [1.82, 2.24) is 19.9 Å². The quantitative estimate of drug-likeness (QED) is 0.708. The number of hydrogen-bond acceptors (Lipinski definition) is 3. The van der Waals surface area contributed by atoms with Crippen LogP contribution in [-0.2, 0) is 11.9 Å². The lowest BCUT2D eigenvalue weighted by Crippen LogP contribution is -2.24. The summed E-state index contributed by atoms with van der Waals surface area (Å²) in [5.41, 5.74) is 2.02. The average Bonchev–Trinajstić information content (AvgIpc) is 3.03. The van der Waals surface area contributed by atoms with Crippen molar-refractivity contribution < 1.29 is 13.6 Å². The number of amides is 1. The van der Waals surface area contributed by atoms with Crippen molar-refractivity contribution in [2.45, 2.75) is 11.9 Å². The molecule has 8 heteroatoms. The molecule has 0 atom stereocenters. The van der Waals surface area contributed by atoms with Crippen molar-refractivity contribution in [3.8, 4) is 0 Å². The first-order valence-corrected chi connectivity index (χ1v) is 7.82. The van der Waals surface area contributed by atoms with Gasteiger partial charge in [0.2, 0.25) is 0 Å². The van der Waals surface area contributed by atoms with Gasteiger partial charge in [0, 0.05) is 17.9 Å². The number of fused-ring (bicyclic) bond motifs is 1. The zero-order valence-electron chi connectivity index (χ0n) is 11.8. The van der Waals surface area contributed by atoms with Crippen molar-refractivity contribution in [3.05, 3.63) is 65.1 Å². The van der Waals surface area contributed by atoms with Crippen LogP contribution in [0.5, 0.6) is 0 Å². The lowest BCUT2D eigenvalue weighted by molar-refractivity contribution is 0.0946. The van der Waals surface area contributed by atoms with E-state index in [-0.39, 0.29) is 12.2 Å². The van der Waals surface area contributed by atoms with Gasteiger partial charge >= 0.3 is 0 Å². The first kappa shape index (κ1) is 15.5. The van der Waals surface area contributed by atoms with Crippen LogP contribution in [0.2, 0.25) is 0 Å². The number of nitrogens with one attached hydrogen (secondary N) is 1. The first-order valence-electron chi connectivity index (χ1n) is 6.70. The molecular weight excluding hydrogens is 370 g/mol. The minimum Gasteiger partial charge on any atom is -0.347 e. The summed E-state index contributed by atoms with van der Waals surface area (Å²) in [5, 5.41) is 7.26. The van der Waals surface area contributed by atoms with Crippen LogP contribution in [0.4, 0.5) is 8.78 Å². The number of carbonyl (C=O) groups excluding carboxylic acids is 1. The molecule has 2 heterocycles. The lowest BCUT2D eigenvalue weighted by Gasteiger charge is -2.08. The van der Waals surface area contributed by atoms with E-state index < -0.39 is 17.5 Å². The van der Waals surface area contributed by atoms with Crippen LogP contribution >= 0.6 is 15.9 Å². The number of carbonyl (C=O) groups is 1. The fourth-order valence-corrected chi connectivity index (χ4v) is 2.51. The molecule has 0 fully saturated rings. The Morgan fingerprint density at radius 2 is 2.04 bits per heavy atom. The highest BCUT2D eigenvalue weighted by molar-refractivity contribution is 9.08. The molecule has 0 spiro atoms. The van der Waals surface area contributed by atoms with Crippen molar-refractivity contribution in [2.24, 2.45) is 0 Å². The molecule has 23 heavy (non-hydrogen) atoms. The third-order valence-electron chi connectivity index (χ3n) is 3.24. The van der Waals surface area contributed by atoms with E-state index in [4.69, 9.17) is 0 Å². The van der Waals surface area contributed by atoms with Gasteiger partial charge in [-0.3, -0.25) is 4.79 Å². The van der Waals surface area contributed by atoms with Crippen molar-refractivity contribution in [2.75, 3.05) is 0 Å². The number of nitrogens with zero attached hydrogens (tertiary/aromatic N) is 3. The summed E-state index contributed by atoms with van der Waals surface area (Å²) >= 11 is 3.34. The Hall–Kier alpha value is -2.35. The number of hydrogen-bond donors (Lipinski definition) is 1. The summed E-state index contributed by atoms with van der Waals surface area (Å²) in [4.78, 5) is 16.4. The van der Waals surface area contributed by atoms with Gasteiger partial charge < -0.3 is 5.32 Å². The Balaban J connectivity index is 1.79. The standard InChI is InChI=1S/C15H11BrF2N4O/c16-7-10-6-13(21-14-3-4-20-22(10)14)15(23)19-8-9-1-2-11(17)12(18)5-9/h1-6H,7-8H2,(H,19,23). The zero-order chi connectivity index (χ0) is 16.4. The summed E-state index contributed by atoms with van der Waals surface area (Å²) in [6.07, 6.45) is 1.59. The van der Waals surface area contributed by atoms with E-state index in [1.165, 1.54) is 6.07 Å². The van der Waals surface area contributed by atoms with Crippen LogP contribution in [0.1, 0.15) is 21.7 Å². The molecule has 0 aliphatic heterocycles. The van der Waals surface area contributed by atoms with Crippen molar-refractivity contribution >= 4 is 27.5 Å². The smallest absolute Gasteiger partial charge is 0.270 e. The van der Waals surface area contributed by atoms with Gasteiger partial charge in [-0.15, -0.1) is 0 Å². The normalized spacial score (nSPS) is 10.9.